The van der Waals surface area contributed by atoms with E-state index in [2.05, 4.69) is 314 Å². The summed E-state index contributed by atoms with van der Waals surface area (Å²) in [5, 5.41) is 0. The third kappa shape index (κ3) is 6.33. The minimum atomic E-state index is -0.560. The van der Waals surface area contributed by atoms with Crippen LogP contribution in [0.3, 0.4) is 0 Å². The molecule has 18 rings (SSSR count). The molecule has 0 bridgehead atoms. The first-order valence-corrected chi connectivity index (χ1v) is 30.8. The minimum absolute atomic E-state index is 0.554. The van der Waals surface area contributed by atoms with Crippen molar-refractivity contribution in [2.24, 2.45) is 0 Å². The standard InChI is InChI=1S/C81H51NS2/c1-3-23-53(24-4-1)79(54-25-5-2-6-26-54)64-31-11-7-28-58(64)61-46-43-52(49-71(61)79)57-27-10-18-38-74(57)82(55-44-47-62-59-29-8-12-32-65(59)80(72(62)50-55)67-34-14-19-39-75(67)83-76-40-20-15-35-68(76)80)56-45-48-63-60-30-9-13-33-66(60)81(73(63)51-56)69-36-16-21-41-77(69)84-78-42-22-17-37-70(78)81/h1-51H. The number of anilines is 3. The van der Waals surface area contributed by atoms with Gasteiger partial charge in [-0.25, -0.2) is 0 Å². The van der Waals surface area contributed by atoms with Crippen LogP contribution in [-0.2, 0) is 16.2 Å². The number of fused-ring (bicyclic) bond motifs is 21. The molecule has 0 saturated heterocycles. The van der Waals surface area contributed by atoms with Crippen LogP contribution < -0.4 is 4.90 Å². The van der Waals surface area contributed by atoms with Gasteiger partial charge in [0.1, 0.15) is 0 Å². The van der Waals surface area contributed by atoms with Crippen molar-refractivity contribution >= 4 is 40.6 Å². The molecule has 0 unspecified atom stereocenters. The van der Waals surface area contributed by atoms with Crippen LogP contribution in [0.2, 0.25) is 0 Å². The van der Waals surface area contributed by atoms with Gasteiger partial charge in [0.05, 0.1) is 21.9 Å². The zero-order valence-electron chi connectivity index (χ0n) is 45.7. The Kier molecular flexibility index (Phi) is 10.4. The van der Waals surface area contributed by atoms with Crippen LogP contribution in [-0.4, -0.2) is 0 Å². The summed E-state index contributed by atoms with van der Waals surface area (Å²) >= 11 is 3.79. The average molecular weight is 1100 g/mol. The van der Waals surface area contributed by atoms with Crippen molar-refractivity contribution in [3.8, 4) is 44.5 Å². The first-order valence-electron chi connectivity index (χ1n) is 29.1. The Hall–Kier alpha value is -9.64. The van der Waals surface area contributed by atoms with E-state index in [-0.39, 0.29) is 0 Å². The van der Waals surface area contributed by atoms with Crippen LogP contribution in [0.4, 0.5) is 17.1 Å². The van der Waals surface area contributed by atoms with Gasteiger partial charge in [0.25, 0.3) is 0 Å². The third-order valence-corrected chi connectivity index (χ3v) is 21.4. The lowest BCUT2D eigenvalue weighted by Crippen LogP contribution is -2.32. The molecule has 2 spiro atoms. The van der Waals surface area contributed by atoms with Gasteiger partial charge in [0, 0.05) is 36.5 Å². The van der Waals surface area contributed by atoms with Gasteiger partial charge in [-0.2, -0.15) is 0 Å². The smallest absolute Gasteiger partial charge is 0.0736 e. The second-order valence-electron chi connectivity index (χ2n) is 22.9. The van der Waals surface area contributed by atoms with Crippen LogP contribution in [0, 0.1) is 0 Å². The van der Waals surface area contributed by atoms with E-state index in [0.29, 0.717) is 0 Å². The summed E-state index contributed by atoms with van der Waals surface area (Å²) in [6.45, 7) is 0. The Labute approximate surface area is 498 Å². The Morgan fingerprint density at radius 3 is 0.952 bits per heavy atom. The molecule has 0 amide bonds. The molecule has 0 radical (unpaired) electrons. The molecule has 3 aliphatic carbocycles. The molecule has 3 heteroatoms. The molecule has 0 fully saturated rings. The highest BCUT2D eigenvalue weighted by Gasteiger charge is 2.53. The Balaban J connectivity index is 0.922. The normalized spacial score (nSPS) is 14.9. The predicted octanol–water partition coefficient (Wildman–Crippen LogP) is 20.8. The SMILES string of the molecule is c1ccc(C2(c3ccccc3)c3ccccc3-c3ccc(-c4ccccc4N(c4ccc5c(c4)C4(c6ccccc6Sc6ccccc64)c4ccccc4-5)c4ccc5c(c4)C4(c6ccccc6Sc6ccccc64)c4ccccc4-5)cc32)cc1. The van der Waals surface area contributed by atoms with Crippen LogP contribution >= 0.6 is 23.5 Å². The topological polar surface area (TPSA) is 3.24 Å². The Morgan fingerprint density at radius 2 is 0.524 bits per heavy atom. The summed E-state index contributed by atoms with van der Waals surface area (Å²) in [5.41, 5.74) is 27.2. The van der Waals surface area contributed by atoms with Crippen molar-refractivity contribution in [1.82, 2.24) is 0 Å². The van der Waals surface area contributed by atoms with Crippen molar-refractivity contribution in [3.05, 3.63) is 376 Å². The molecule has 0 atom stereocenters. The maximum absolute atomic E-state index is 2.59. The van der Waals surface area contributed by atoms with E-state index in [1.54, 1.807) is 0 Å². The van der Waals surface area contributed by atoms with E-state index in [1.807, 2.05) is 23.5 Å². The Morgan fingerprint density at radius 1 is 0.214 bits per heavy atom. The number of hydrogen-bond acceptors (Lipinski definition) is 3. The van der Waals surface area contributed by atoms with E-state index < -0.39 is 16.2 Å². The van der Waals surface area contributed by atoms with Gasteiger partial charge in [0.2, 0.25) is 0 Å². The summed E-state index contributed by atoms with van der Waals surface area (Å²) in [7, 11) is 0. The van der Waals surface area contributed by atoms with Gasteiger partial charge in [-0.05, 0) is 166 Å². The van der Waals surface area contributed by atoms with Gasteiger partial charge < -0.3 is 4.90 Å². The molecule has 1 nitrogen and oxygen atoms in total. The largest absolute Gasteiger partial charge is 0.310 e. The lowest BCUT2D eigenvalue weighted by atomic mass is 9.67. The number of para-hydroxylation sites is 1. The zero-order valence-corrected chi connectivity index (χ0v) is 47.3. The van der Waals surface area contributed by atoms with Gasteiger partial charge >= 0.3 is 0 Å². The van der Waals surface area contributed by atoms with Crippen molar-refractivity contribution in [3.63, 3.8) is 0 Å². The van der Waals surface area contributed by atoms with E-state index in [0.717, 1.165) is 28.2 Å². The monoisotopic (exact) mass is 1100 g/mol. The molecule has 0 N–H and O–H groups in total. The highest BCUT2D eigenvalue weighted by molar-refractivity contribution is 7.99. The molecule has 0 aromatic heterocycles. The molecule has 13 aromatic rings. The molecular weight excluding hydrogens is 1050 g/mol. The minimum Gasteiger partial charge on any atom is -0.310 e. The number of nitrogens with zero attached hydrogens (tertiary/aromatic N) is 1. The molecule has 2 aliphatic heterocycles. The second kappa shape index (κ2) is 18.2. The van der Waals surface area contributed by atoms with Gasteiger partial charge in [0.15, 0.2) is 0 Å². The molecule has 2 heterocycles. The summed E-state index contributed by atoms with van der Waals surface area (Å²) in [5.74, 6) is 0. The fourth-order valence-electron chi connectivity index (χ4n) is 15.9. The molecule has 13 aromatic carbocycles. The van der Waals surface area contributed by atoms with E-state index in [1.165, 1.54) is 120 Å². The highest BCUT2D eigenvalue weighted by atomic mass is 32.2. The highest BCUT2D eigenvalue weighted by Crippen LogP contribution is 2.66. The van der Waals surface area contributed by atoms with Crippen LogP contribution in [0.25, 0.3) is 44.5 Å². The second-order valence-corrected chi connectivity index (χ2v) is 25.0. The van der Waals surface area contributed by atoms with E-state index in [9.17, 15) is 0 Å². The van der Waals surface area contributed by atoms with Crippen molar-refractivity contribution < 1.29 is 0 Å². The summed E-state index contributed by atoms with van der Waals surface area (Å²) < 4.78 is 0. The predicted molar refractivity (Wildman–Crippen MR) is 347 cm³/mol. The maximum atomic E-state index is 2.59. The molecule has 5 aliphatic rings. The fraction of sp³-hybridized carbons (Fsp3) is 0.0370. The number of rotatable bonds is 6. The van der Waals surface area contributed by atoms with Crippen LogP contribution in [0.15, 0.2) is 329 Å². The molecule has 0 saturated carbocycles. The van der Waals surface area contributed by atoms with Crippen LogP contribution in [0.5, 0.6) is 0 Å². The first kappa shape index (κ1) is 47.9. The third-order valence-electron chi connectivity index (χ3n) is 19.1. The van der Waals surface area contributed by atoms with E-state index in [4.69, 9.17) is 0 Å². The van der Waals surface area contributed by atoms with Crippen molar-refractivity contribution in [2.45, 2.75) is 35.8 Å². The summed E-state index contributed by atoms with van der Waals surface area (Å²) in [6.07, 6.45) is 0. The molecule has 392 valence electrons. The molecular formula is C81H51NS2. The van der Waals surface area contributed by atoms with Crippen molar-refractivity contribution in [1.29, 1.82) is 0 Å². The van der Waals surface area contributed by atoms with Gasteiger partial charge in [-0.15, -0.1) is 0 Å². The number of benzene rings is 13. The average Bonchev–Trinajstić information content (AvgIpc) is 2.09. The quantitative estimate of drug-likeness (QED) is 0.163. The Bertz CT molecular complexity index is 4560. The van der Waals surface area contributed by atoms with Gasteiger partial charge in [-0.1, -0.05) is 272 Å². The van der Waals surface area contributed by atoms with Crippen molar-refractivity contribution in [2.75, 3.05) is 4.90 Å². The number of hydrogen-bond donors (Lipinski definition) is 0. The summed E-state index contributed by atoms with van der Waals surface area (Å²) in [4.78, 5) is 7.77. The summed E-state index contributed by atoms with van der Waals surface area (Å²) in [6, 6.07) is 118. The maximum Gasteiger partial charge on any atom is 0.0736 e. The van der Waals surface area contributed by atoms with Crippen LogP contribution in [0.1, 0.15) is 66.8 Å². The van der Waals surface area contributed by atoms with E-state index >= 15 is 0 Å². The zero-order chi connectivity index (χ0) is 55.1. The fourth-order valence-corrected chi connectivity index (χ4v) is 18.3. The lowest BCUT2D eigenvalue weighted by Gasteiger charge is -2.40. The van der Waals surface area contributed by atoms with Gasteiger partial charge in [-0.3, -0.25) is 0 Å². The first-order chi connectivity index (χ1) is 41.7. The molecule has 84 heavy (non-hydrogen) atoms. The lowest BCUT2D eigenvalue weighted by molar-refractivity contribution is 0.721.